The summed E-state index contributed by atoms with van der Waals surface area (Å²) >= 11 is 0. The van der Waals surface area contributed by atoms with Crippen LogP contribution in [-0.4, -0.2) is 17.6 Å². The van der Waals surface area contributed by atoms with Crippen molar-refractivity contribution in [2.24, 2.45) is 11.7 Å². The molecule has 1 spiro atoms. The fourth-order valence-corrected chi connectivity index (χ4v) is 2.79. The summed E-state index contributed by atoms with van der Waals surface area (Å²) in [4.78, 5) is 0. The predicted octanol–water partition coefficient (Wildman–Crippen LogP) is 1.01. The molecular weight excluding hydrogens is 148 g/mol. The van der Waals surface area contributed by atoms with E-state index in [0.717, 1.165) is 5.92 Å². The van der Waals surface area contributed by atoms with Crippen LogP contribution >= 0.6 is 0 Å². The summed E-state index contributed by atoms with van der Waals surface area (Å²) in [5, 5.41) is 3.65. The lowest BCUT2D eigenvalue weighted by Crippen LogP contribution is -2.34. The Kier molecular flexibility index (Phi) is 1.25. The van der Waals surface area contributed by atoms with Gasteiger partial charge in [0.25, 0.3) is 0 Å². The quantitative estimate of drug-likeness (QED) is 0.642. The molecule has 1 heterocycles. The van der Waals surface area contributed by atoms with E-state index < -0.39 is 0 Å². The Morgan fingerprint density at radius 1 is 1.25 bits per heavy atom. The molecule has 1 saturated heterocycles. The molecular formula is C10H18N2. The van der Waals surface area contributed by atoms with Crippen LogP contribution in [0.2, 0.25) is 0 Å². The summed E-state index contributed by atoms with van der Waals surface area (Å²) in [5.41, 5.74) is 7.00. The Balaban J connectivity index is 1.68. The minimum atomic E-state index is 0.270. The van der Waals surface area contributed by atoms with Crippen LogP contribution in [0.5, 0.6) is 0 Å². The summed E-state index contributed by atoms with van der Waals surface area (Å²) < 4.78 is 0. The molecule has 2 saturated carbocycles. The van der Waals surface area contributed by atoms with Crippen molar-refractivity contribution >= 4 is 0 Å². The Labute approximate surface area is 73.9 Å². The highest BCUT2D eigenvalue weighted by Crippen LogP contribution is 2.52. The summed E-state index contributed by atoms with van der Waals surface area (Å²) in [6.07, 6.45) is 8.04. The second-order valence-electron chi connectivity index (χ2n) is 5.14. The van der Waals surface area contributed by atoms with E-state index in [9.17, 15) is 0 Å². The van der Waals surface area contributed by atoms with Crippen molar-refractivity contribution in [2.75, 3.05) is 6.54 Å². The van der Waals surface area contributed by atoms with E-state index in [-0.39, 0.29) is 5.54 Å². The molecule has 3 fully saturated rings. The lowest BCUT2D eigenvalue weighted by molar-refractivity contribution is 0.362. The molecule has 0 radical (unpaired) electrons. The van der Waals surface area contributed by atoms with E-state index in [4.69, 9.17) is 5.73 Å². The second kappa shape index (κ2) is 2.05. The van der Waals surface area contributed by atoms with Gasteiger partial charge in [-0.3, -0.25) is 0 Å². The van der Waals surface area contributed by atoms with Crippen molar-refractivity contribution in [3.63, 3.8) is 0 Å². The van der Waals surface area contributed by atoms with Crippen LogP contribution in [0.15, 0.2) is 0 Å². The van der Waals surface area contributed by atoms with Gasteiger partial charge in [0.05, 0.1) is 0 Å². The van der Waals surface area contributed by atoms with Gasteiger partial charge in [-0.05, 0) is 51.0 Å². The highest BCUT2D eigenvalue weighted by atomic mass is 15.1. The van der Waals surface area contributed by atoms with E-state index in [0.29, 0.717) is 5.54 Å². The molecule has 68 valence electrons. The first-order chi connectivity index (χ1) is 5.73. The molecule has 3 rings (SSSR count). The maximum Gasteiger partial charge on any atom is 0.0212 e. The van der Waals surface area contributed by atoms with E-state index in [1.54, 1.807) is 0 Å². The molecule has 0 aromatic heterocycles. The normalized spacial score (nSPS) is 40.2. The minimum absolute atomic E-state index is 0.270. The number of nitrogens with one attached hydrogen (secondary N) is 1. The van der Waals surface area contributed by atoms with Crippen LogP contribution in [0.3, 0.4) is 0 Å². The zero-order valence-corrected chi connectivity index (χ0v) is 7.60. The van der Waals surface area contributed by atoms with Crippen LogP contribution in [-0.2, 0) is 0 Å². The van der Waals surface area contributed by atoms with E-state index in [1.807, 2.05) is 0 Å². The zero-order valence-electron chi connectivity index (χ0n) is 7.60. The smallest absolute Gasteiger partial charge is 0.0212 e. The maximum atomic E-state index is 6.15. The summed E-state index contributed by atoms with van der Waals surface area (Å²) in [5.74, 6) is 0.907. The highest BCUT2D eigenvalue weighted by Gasteiger charge is 2.55. The lowest BCUT2D eigenvalue weighted by atomic mass is 9.90. The van der Waals surface area contributed by atoms with Gasteiger partial charge in [-0.2, -0.15) is 0 Å². The number of hydrogen-bond donors (Lipinski definition) is 2. The van der Waals surface area contributed by atoms with Crippen LogP contribution in [0.4, 0.5) is 0 Å². The Morgan fingerprint density at radius 2 is 2.00 bits per heavy atom. The van der Waals surface area contributed by atoms with Crippen molar-refractivity contribution in [3.8, 4) is 0 Å². The van der Waals surface area contributed by atoms with Crippen LogP contribution < -0.4 is 11.1 Å². The molecule has 0 aromatic rings. The lowest BCUT2D eigenvalue weighted by Gasteiger charge is -2.21. The first kappa shape index (κ1) is 7.34. The average Bonchev–Trinajstić information content (AvgIpc) is 2.86. The Morgan fingerprint density at radius 3 is 2.58 bits per heavy atom. The molecule has 2 aliphatic carbocycles. The van der Waals surface area contributed by atoms with Crippen molar-refractivity contribution in [2.45, 2.75) is 49.6 Å². The minimum Gasteiger partial charge on any atom is -0.325 e. The largest absolute Gasteiger partial charge is 0.325 e. The number of rotatable bonds is 2. The van der Waals surface area contributed by atoms with Crippen LogP contribution in [0.25, 0.3) is 0 Å². The van der Waals surface area contributed by atoms with Gasteiger partial charge in [0.1, 0.15) is 0 Å². The monoisotopic (exact) mass is 166 g/mol. The molecule has 2 nitrogen and oxygen atoms in total. The SMILES string of the molecule is NC1(CC2CCNC23CC3)CC1. The van der Waals surface area contributed by atoms with Gasteiger partial charge < -0.3 is 11.1 Å². The Hall–Kier alpha value is -0.0800. The van der Waals surface area contributed by atoms with Gasteiger partial charge in [-0.25, -0.2) is 0 Å². The van der Waals surface area contributed by atoms with Crippen LogP contribution in [0, 0.1) is 5.92 Å². The van der Waals surface area contributed by atoms with Gasteiger partial charge in [-0.15, -0.1) is 0 Å². The van der Waals surface area contributed by atoms with Crippen molar-refractivity contribution in [1.29, 1.82) is 0 Å². The molecule has 1 unspecified atom stereocenters. The topological polar surface area (TPSA) is 38.0 Å². The number of hydrogen-bond acceptors (Lipinski definition) is 2. The van der Waals surface area contributed by atoms with Gasteiger partial charge in [0, 0.05) is 11.1 Å². The fraction of sp³-hybridized carbons (Fsp3) is 1.00. The molecule has 3 N–H and O–H groups in total. The fourth-order valence-electron chi connectivity index (χ4n) is 2.79. The molecule has 0 amide bonds. The third-order valence-corrected chi connectivity index (χ3v) is 4.09. The standard InChI is InChI=1S/C10H18N2/c11-9(2-3-9)7-8-1-6-12-10(8)4-5-10/h8,12H,1-7,11H2. The van der Waals surface area contributed by atoms with Crippen LogP contribution in [0.1, 0.15) is 38.5 Å². The van der Waals surface area contributed by atoms with Crippen molar-refractivity contribution in [3.05, 3.63) is 0 Å². The van der Waals surface area contributed by atoms with E-state index >= 15 is 0 Å². The van der Waals surface area contributed by atoms with E-state index in [2.05, 4.69) is 5.32 Å². The van der Waals surface area contributed by atoms with Gasteiger partial charge in [0.2, 0.25) is 0 Å². The third kappa shape index (κ3) is 1.01. The summed E-state index contributed by atoms with van der Waals surface area (Å²) in [6.45, 7) is 1.24. The highest BCUT2D eigenvalue weighted by molar-refractivity contribution is 5.14. The van der Waals surface area contributed by atoms with Gasteiger partial charge >= 0.3 is 0 Å². The maximum absolute atomic E-state index is 6.15. The molecule has 1 aliphatic heterocycles. The van der Waals surface area contributed by atoms with Crippen molar-refractivity contribution in [1.82, 2.24) is 5.32 Å². The van der Waals surface area contributed by atoms with E-state index in [1.165, 1.54) is 45.1 Å². The first-order valence-corrected chi connectivity index (χ1v) is 5.27. The third-order valence-electron chi connectivity index (χ3n) is 4.09. The number of nitrogens with two attached hydrogens (primary N) is 1. The predicted molar refractivity (Wildman–Crippen MR) is 48.8 cm³/mol. The molecule has 1 atom stereocenters. The average molecular weight is 166 g/mol. The summed E-state index contributed by atoms with van der Waals surface area (Å²) in [6, 6.07) is 0. The van der Waals surface area contributed by atoms with Gasteiger partial charge in [0.15, 0.2) is 0 Å². The van der Waals surface area contributed by atoms with Crippen molar-refractivity contribution < 1.29 is 0 Å². The molecule has 3 aliphatic rings. The first-order valence-electron chi connectivity index (χ1n) is 5.27. The molecule has 0 bridgehead atoms. The molecule has 2 heteroatoms. The molecule has 12 heavy (non-hydrogen) atoms. The zero-order chi connectivity index (χ0) is 8.23. The Bertz CT molecular complexity index is 204. The van der Waals surface area contributed by atoms with Gasteiger partial charge in [-0.1, -0.05) is 0 Å². The summed E-state index contributed by atoms with van der Waals surface area (Å²) in [7, 11) is 0. The molecule has 0 aromatic carbocycles. The second-order valence-corrected chi connectivity index (χ2v) is 5.14.